The molecule has 5 nitrogen and oxygen atoms in total. The molecular formula is C13H18N2O3. The summed E-state index contributed by atoms with van der Waals surface area (Å²) >= 11 is 0. The Kier molecular flexibility index (Phi) is 5.17. The maximum atomic E-state index is 11.7. The van der Waals surface area contributed by atoms with Crippen LogP contribution < -0.4 is 11.1 Å². The molecule has 0 fully saturated rings. The van der Waals surface area contributed by atoms with Crippen LogP contribution in [0.25, 0.3) is 0 Å². The molecular weight excluding hydrogens is 232 g/mol. The number of benzene rings is 1. The van der Waals surface area contributed by atoms with Crippen LogP contribution >= 0.6 is 0 Å². The zero-order chi connectivity index (χ0) is 13.5. The maximum Gasteiger partial charge on any atom is 0.340 e. The Labute approximate surface area is 106 Å². The van der Waals surface area contributed by atoms with Gasteiger partial charge in [0.25, 0.3) is 0 Å². The zero-order valence-corrected chi connectivity index (χ0v) is 10.7. The number of para-hydroxylation sites is 1. The molecule has 3 N–H and O–H groups in total. The van der Waals surface area contributed by atoms with Crippen molar-refractivity contribution in [3.8, 4) is 0 Å². The van der Waals surface area contributed by atoms with Gasteiger partial charge in [-0.25, -0.2) is 4.79 Å². The van der Waals surface area contributed by atoms with E-state index in [-0.39, 0.29) is 18.9 Å². The van der Waals surface area contributed by atoms with E-state index in [2.05, 4.69) is 5.32 Å². The first kappa shape index (κ1) is 14.0. The Balaban J connectivity index is 2.51. The molecule has 5 heteroatoms. The van der Waals surface area contributed by atoms with Crippen LogP contribution in [0.3, 0.4) is 0 Å². The first-order chi connectivity index (χ1) is 8.56. The van der Waals surface area contributed by atoms with Gasteiger partial charge in [0.05, 0.1) is 12.0 Å². The standard InChI is InChI=1S/C13H18N2O3/c1-3-15-11(16)7-8-18-13(17)10-6-4-5-9(2)12(10)14/h4-6H,3,7-8,14H2,1-2H3,(H,15,16). The first-order valence-electron chi connectivity index (χ1n) is 5.85. The third kappa shape index (κ3) is 3.76. The number of esters is 1. The van der Waals surface area contributed by atoms with E-state index in [1.165, 1.54) is 0 Å². The molecule has 0 heterocycles. The Bertz CT molecular complexity index is 444. The van der Waals surface area contributed by atoms with Gasteiger partial charge in [-0.1, -0.05) is 12.1 Å². The highest BCUT2D eigenvalue weighted by Crippen LogP contribution is 2.17. The minimum absolute atomic E-state index is 0.0536. The molecule has 0 aliphatic carbocycles. The van der Waals surface area contributed by atoms with Gasteiger partial charge in [0.2, 0.25) is 5.91 Å². The second-order valence-electron chi connectivity index (χ2n) is 3.88. The Morgan fingerprint density at radius 3 is 2.78 bits per heavy atom. The molecule has 0 radical (unpaired) electrons. The summed E-state index contributed by atoms with van der Waals surface area (Å²) in [6.07, 6.45) is 0.158. The molecule has 1 aromatic carbocycles. The highest BCUT2D eigenvalue weighted by atomic mass is 16.5. The lowest BCUT2D eigenvalue weighted by atomic mass is 10.1. The number of nitrogens with two attached hydrogens (primary N) is 1. The second-order valence-corrected chi connectivity index (χ2v) is 3.88. The third-order valence-electron chi connectivity index (χ3n) is 2.48. The van der Waals surface area contributed by atoms with Crippen molar-refractivity contribution in [3.63, 3.8) is 0 Å². The van der Waals surface area contributed by atoms with E-state index in [0.29, 0.717) is 17.8 Å². The normalized spacial score (nSPS) is 9.89. The molecule has 0 bridgehead atoms. The van der Waals surface area contributed by atoms with Gasteiger partial charge in [0, 0.05) is 12.2 Å². The molecule has 1 amide bonds. The van der Waals surface area contributed by atoms with Crippen LogP contribution in [0, 0.1) is 6.92 Å². The van der Waals surface area contributed by atoms with E-state index in [4.69, 9.17) is 10.5 Å². The quantitative estimate of drug-likeness (QED) is 0.609. The predicted molar refractivity (Wildman–Crippen MR) is 69.2 cm³/mol. The summed E-state index contributed by atoms with van der Waals surface area (Å²) in [7, 11) is 0. The summed E-state index contributed by atoms with van der Waals surface area (Å²) in [6.45, 7) is 4.27. The fraction of sp³-hybridized carbons (Fsp3) is 0.385. The van der Waals surface area contributed by atoms with Crippen molar-refractivity contribution in [3.05, 3.63) is 29.3 Å². The van der Waals surface area contributed by atoms with Gasteiger partial charge in [-0.05, 0) is 25.5 Å². The van der Waals surface area contributed by atoms with Crippen LogP contribution in [0.15, 0.2) is 18.2 Å². The number of amides is 1. The Morgan fingerprint density at radius 1 is 1.39 bits per heavy atom. The van der Waals surface area contributed by atoms with Gasteiger partial charge < -0.3 is 15.8 Å². The molecule has 0 aliphatic heterocycles. The Morgan fingerprint density at radius 2 is 2.11 bits per heavy atom. The molecule has 1 rings (SSSR count). The zero-order valence-electron chi connectivity index (χ0n) is 10.7. The molecule has 1 aromatic rings. The summed E-state index contributed by atoms with van der Waals surface area (Å²) in [5.74, 6) is -0.636. The van der Waals surface area contributed by atoms with Crippen molar-refractivity contribution in [2.24, 2.45) is 0 Å². The summed E-state index contributed by atoms with van der Waals surface area (Å²) in [4.78, 5) is 22.9. The number of nitrogens with one attached hydrogen (secondary N) is 1. The number of hydrogen-bond acceptors (Lipinski definition) is 4. The number of rotatable bonds is 5. The number of hydrogen-bond donors (Lipinski definition) is 2. The molecule has 98 valence electrons. The van der Waals surface area contributed by atoms with Crippen LogP contribution in [0.4, 0.5) is 5.69 Å². The van der Waals surface area contributed by atoms with Gasteiger partial charge in [-0.2, -0.15) is 0 Å². The molecule has 0 atom stereocenters. The van der Waals surface area contributed by atoms with Crippen LogP contribution in [-0.2, 0) is 9.53 Å². The first-order valence-corrected chi connectivity index (χ1v) is 5.85. The predicted octanol–water partition coefficient (Wildman–Crippen LogP) is 1.26. The van der Waals surface area contributed by atoms with E-state index >= 15 is 0 Å². The van der Waals surface area contributed by atoms with Gasteiger partial charge in [0.15, 0.2) is 0 Å². The topological polar surface area (TPSA) is 81.4 Å². The van der Waals surface area contributed by atoms with Crippen LogP contribution in [-0.4, -0.2) is 25.0 Å². The molecule has 0 saturated carbocycles. The average molecular weight is 250 g/mol. The number of anilines is 1. The van der Waals surface area contributed by atoms with Crippen molar-refractivity contribution in [2.45, 2.75) is 20.3 Å². The lowest BCUT2D eigenvalue weighted by Crippen LogP contribution is -2.24. The SMILES string of the molecule is CCNC(=O)CCOC(=O)c1cccc(C)c1N. The van der Waals surface area contributed by atoms with Crippen LogP contribution in [0.1, 0.15) is 29.3 Å². The summed E-state index contributed by atoms with van der Waals surface area (Å²) in [5, 5.41) is 2.62. The van der Waals surface area contributed by atoms with Gasteiger partial charge in [-0.15, -0.1) is 0 Å². The molecule has 0 saturated heterocycles. The van der Waals surface area contributed by atoms with Crippen LogP contribution in [0.2, 0.25) is 0 Å². The fourth-order valence-electron chi connectivity index (χ4n) is 1.46. The van der Waals surface area contributed by atoms with E-state index in [0.717, 1.165) is 5.56 Å². The average Bonchev–Trinajstić information content (AvgIpc) is 2.33. The Hall–Kier alpha value is -2.04. The van der Waals surface area contributed by atoms with E-state index in [1.54, 1.807) is 12.1 Å². The van der Waals surface area contributed by atoms with Gasteiger partial charge in [0.1, 0.15) is 6.61 Å². The summed E-state index contributed by atoms with van der Waals surface area (Å²) in [5.41, 5.74) is 7.37. The number of carbonyl (C=O) groups excluding carboxylic acids is 2. The van der Waals surface area contributed by atoms with Crippen molar-refractivity contribution < 1.29 is 14.3 Å². The molecule has 0 aliphatic rings. The minimum Gasteiger partial charge on any atom is -0.461 e. The fourth-order valence-corrected chi connectivity index (χ4v) is 1.46. The van der Waals surface area contributed by atoms with Crippen LogP contribution in [0.5, 0.6) is 0 Å². The lowest BCUT2D eigenvalue weighted by molar-refractivity contribution is -0.121. The van der Waals surface area contributed by atoms with Gasteiger partial charge >= 0.3 is 5.97 Å². The van der Waals surface area contributed by atoms with Crippen molar-refractivity contribution in [1.82, 2.24) is 5.32 Å². The smallest absolute Gasteiger partial charge is 0.340 e. The summed E-state index contributed by atoms with van der Waals surface area (Å²) in [6, 6.07) is 5.17. The molecule has 18 heavy (non-hydrogen) atoms. The van der Waals surface area contributed by atoms with Crippen molar-refractivity contribution in [1.29, 1.82) is 0 Å². The van der Waals surface area contributed by atoms with E-state index in [1.807, 2.05) is 19.9 Å². The maximum absolute atomic E-state index is 11.7. The van der Waals surface area contributed by atoms with Gasteiger partial charge in [-0.3, -0.25) is 4.79 Å². The number of ether oxygens (including phenoxy) is 1. The molecule has 0 spiro atoms. The van der Waals surface area contributed by atoms with Crippen molar-refractivity contribution in [2.75, 3.05) is 18.9 Å². The second kappa shape index (κ2) is 6.64. The van der Waals surface area contributed by atoms with Crippen molar-refractivity contribution >= 4 is 17.6 Å². The highest BCUT2D eigenvalue weighted by molar-refractivity contribution is 5.95. The molecule has 0 unspecified atom stereocenters. The van der Waals surface area contributed by atoms with E-state index in [9.17, 15) is 9.59 Å². The monoisotopic (exact) mass is 250 g/mol. The lowest BCUT2D eigenvalue weighted by Gasteiger charge is -2.08. The minimum atomic E-state index is -0.500. The number of aryl methyl sites for hydroxylation is 1. The third-order valence-corrected chi connectivity index (χ3v) is 2.48. The van der Waals surface area contributed by atoms with E-state index < -0.39 is 5.97 Å². The summed E-state index contributed by atoms with van der Waals surface area (Å²) < 4.78 is 5.00. The highest BCUT2D eigenvalue weighted by Gasteiger charge is 2.12. The number of nitrogen functional groups attached to an aromatic ring is 1. The number of carbonyl (C=O) groups is 2. The molecule has 0 aromatic heterocycles. The largest absolute Gasteiger partial charge is 0.461 e.